The number of halogens is 3. The van der Waals surface area contributed by atoms with E-state index < -0.39 is 20.2 Å². The average molecular weight is 321 g/mol. The molecule has 1 aliphatic rings. The van der Waals surface area contributed by atoms with Gasteiger partial charge in [-0.25, -0.2) is 8.42 Å². The van der Waals surface area contributed by atoms with Crippen molar-refractivity contribution in [3.63, 3.8) is 0 Å². The van der Waals surface area contributed by atoms with Crippen LogP contribution in [0.5, 0.6) is 0 Å². The van der Waals surface area contributed by atoms with Crippen LogP contribution in [-0.4, -0.2) is 20.0 Å². The van der Waals surface area contributed by atoms with Crippen molar-refractivity contribution in [3.05, 3.63) is 24.3 Å². The summed E-state index contributed by atoms with van der Waals surface area (Å²) in [6, 6.07) is 5.22. The summed E-state index contributed by atoms with van der Waals surface area (Å²) in [5, 5.41) is 3.00. The van der Waals surface area contributed by atoms with Gasteiger partial charge in [-0.15, -0.1) is 0 Å². The van der Waals surface area contributed by atoms with Gasteiger partial charge in [0.2, 0.25) is 0 Å². The Labute approximate surface area is 122 Å². The Kier molecular flexibility index (Phi) is 4.51. The molecule has 0 spiro atoms. The highest BCUT2D eigenvalue weighted by Crippen LogP contribution is 2.36. The fraction of sp³-hybridized carbons (Fsp3) is 0.571. The third-order valence-electron chi connectivity index (χ3n) is 3.93. The predicted octanol–water partition coefficient (Wildman–Crippen LogP) is 3.97. The Balaban J connectivity index is 2.34. The van der Waals surface area contributed by atoms with E-state index in [-0.39, 0.29) is 11.7 Å². The molecule has 3 nitrogen and oxygen atoms in total. The van der Waals surface area contributed by atoms with Crippen LogP contribution in [-0.2, 0) is 9.84 Å². The Bertz CT molecular complexity index is 598. The van der Waals surface area contributed by atoms with Crippen LogP contribution in [0.15, 0.2) is 29.2 Å². The summed E-state index contributed by atoms with van der Waals surface area (Å²) >= 11 is 0. The van der Waals surface area contributed by atoms with Crippen LogP contribution in [0.25, 0.3) is 0 Å². The minimum absolute atomic E-state index is 0.00309. The second-order valence-electron chi connectivity index (χ2n) is 5.46. The van der Waals surface area contributed by atoms with E-state index in [0.29, 0.717) is 5.92 Å². The molecule has 2 unspecified atom stereocenters. The molecule has 0 saturated heterocycles. The topological polar surface area (TPSA) is 46.2 Å². The molecule has 2 rings (SSSR count). The zero-order valence-electron chi connectivity index (χ0n) is 11.7. The van der Waals surface area contributed by atoms with Crippen molar-refractivity contribution < 1.29 is 21.6 Å². The molecular weight excluding hydrogens is 303 g/mol. The monoisotopic (exact) mass is 321 g/mol. The van der Waals surface area contributed by atoms with E-state index in [1.165, 1.54) is 18.2 Å². The van der Waals surface area contributed by atoms with Crippen molar-refractivity contribution in [3.8, 4) is 0 Å². The number of anilines is 1. The first-order chi connectivity index (χ1) is 9.73. The number of alkyl halides is 3. The molecule has 0 amide bonds. The van der Waals surface area contributed by atoms with E-state index in [4.69, 9.17) is 0 Å². The minimum Gasteiger partial charge on any atom is -0.381 e. The Morgan fingerprint density at radius 3 is 2.38 bits per heavy atom. The number of hydrogen-bond donors (Lipinski definition) is 1. The summed E-state index contributed by atoms with van der Waals surface area (Å²) in [5.41, 5.74) is -5.25. The Hall–Kier alpha value is -1.24. The molecule has 0 aliphatic heterocycles. The molecule has 1 fully saturated rings. The zero-order chi connectivity index (χ0) is 15.7. The molecule has 118 valence electrons. The molecule has 1 aromatic carbocycles. The first-order valence-electron chi connectivity index (χ1n) is 6.90. The second-order valence-corrected chi connectivity index (χ2v) is 7.37. The largest absolute Gasteiger partial charge is 0.501 e. The van der Waals surface area contributed by atoms with E-state index in [2.05, 4.69) is 5.32 Å². The summed E-state index contributed by atoms with van der Waals surface area (Å²) < 4.78 is 61.5. The molecule has 7 heteroatoms. The summed E-state index contributed by atoms with van der Waals surface area (Å²) in [6.07, 6.45) is 3.92. The van der Waals surface area contributed by atoms with Crippen molar-refractivity contribution in [1.82, 2.24) is 0 Å². The highest BCUT2D eigenvalue weighted by molar-refractivity contribution is 7.92. The molecule has 0 bridgehead atoms. The van der Waals surface area contributed by atoms with E-state index in [1.807, 2.05) is 6.92 Å². The standard InChI is InChI=1S/C14H18F3NO2S/c1-10-6-2-3-7-11(10)18-12-8-4-5-9-13(12)21(19,20)14(15,16)17/h4-5,8-11,18H,2-3,6-7H2,1H3. The molecule has 0 heterocycles. The molecule has 1 saturated carbocycles. The minimum atomic E-state index is -5.34. The summed E-state index contributed by atoms with van der Waals surface area (Å²) in [7, 11) is -5.34. The van der Waals surface area contributed by atoms with Gasteiger partial charge in [0, 0.05) is 6.04 Å². The van der Waals surface area contributed by atoms with Gasteiger partial charge in [-0.05, 0) is 30.9 Å². The molecule has 1 aliphatic carbocycles. The lowest BCUT2D eigenvalue weighted by molar-refractivity contribution is -0.0435. The summed E-state index contributed by atoms with van der Waals surface area (Å²) in [4.78, 5) is -0.699. The fourth-order valence-corrected chi connectivity index (χ4v) is 3.60. The number of nitrogens with one attached hydrogen (secondary N) is 1. The molecule has 0 radical (unpaired) electrons. The number of para-hydroxylation sites is 1. The average Bonchev–Trinajstić information content (AvgIpc) is 2.40. The molecule has 21 heavy (non-hydrogen) atoms. The summed E-state index contributed by atoms with van der Waals surface area (Å²) in [6.45, 7) is 2.03. The van der Waals surface area contributed by atoms with E-state index in [1.54, 1.807) is 0 Å². The molecule has 1 N–H and O–H groups in total. The van der Waals surface area contributed by atoms with Gasteiger partial charge in [-0.3, -0.25) is 0 Å². The van der Waals surface area contributed by atoms with Gasteiger partial charge in [-0.2, -0.15) is 13.2 Å². The van der Waals surface area contributed by atoms with Crippen molar-refractivity contribution in [2.24, 2.45) is 5.92 Å². The highest BCUT2D eigenvalue weighted by Gasteiger charge is 2.48. The lowest BCUT2D eigenvalue weighted by Crippen LogP contribution is -2.32. The van der Waals surface area contributed by atoms with Crippen molar-refractivity contribution >= 4 is 15.5 Å². The normalized spacial score (nSPS) is 23.8. The van der Waals surface area contributed by atoms with E-state index in [0.717, 1.165) is 31.7 Å². The molecule has 0 aromatic heterocycles. The van der Waals surface area contributed by atoms with Crippen LogP contribution in [0.1, 0.15) is 32.6 Å². The van der Waals surface area contributed by atoms with Crippen molar-refractivity contribution in [2.45, 2.75) is 49.1 Å². The van der Waals surface area contributed by atoms with Crippen LogP contribution in [0.2, 0.25) is 0 Å². The van der Waals surface area contributed by atoms with Crippen LogP contribution in [0.4, 0.5) is 18.9 Å². The second kappa shape index (κ2) is 5.87. The highest BCUT2D eigenvalue weighted by atomic mass is 32.2. The van der Waals surface area contributed by atoms with Gasteiger partial charge < -0.3 is 5.32 Å². The quantitative estimate of drug-likeness (QED) is 0.916. The first-order valence-corrected chi connectivity index (χ1v) is 8.38. The van der Waals surface area contributed by atoms with Crippen LogP contribution in [0, 0.1) is 5.92 Å². The van der Waals surface area contributed by atoms with Crippen LogP contribution < -0.4 is 5.32 Å². The van der Waals surface area contributed by atoms with Gasteiger partial charge in [0.15, 0.2) is 0 Å². The first kappa shape index (κ1) is 16.1. The Morgan fingerprint density at radius 1 is 1.14 bits per heavy atom. The maximum atomic E-state index is 12.7. The van der Waals surface area contributed by atoms with Crippen LogP contribution >= 0.6 is 0 Å². The fourth-order valence-electron chi connectivity index (χ4n) is 2.68. The maximum Gasteiger partial charge on any atom is 0.501 e. The number of sulfone groups is 1. The third kappa shape index (κ3) is 3.33. The Morgan fingerprint density at radius 2 is 1.76 bits per heavy atom. The van der Waals surface area contributed by atoms with Crippen molar-refractivity contribution in [2.75, 3.05) is 5.32 Å². The van der Waals surface area contributed by atoms with Gasteiger partial charge in [0.05, 0.1) is 10.6 Å². The zero-order valence-corrected chi connectivity index (χ0v) is 12.5. The maximum absolute atomic E-state index is 12.7. The number of hydrogen-bond acceptors (Lipinski definition) is 3. The lowest BCUT2D eigenvalue weighted by Gasteiger charge is -2.31. The predicted molar refractivity (Wildman–Crippen MR) is 74.7 cm³/mol. The lowest BCUT2D eigenvalue weighted by atomic mass is 9.86. The molecule has 2 atom stereocenters. The van der Waals surface area contributed by atoms with E-state index in [9.17, 15) is 21.6 Å². The van der Waals surface area contributed by atoms with Gasteiger partial charge in [0.25, 0.3) is 9.84 Å². The van der Waals surface area contributed by atoms with Crippen molar-refractivity contribution in [1.29, 1.82) is 0 Å². The third-order valence-corrected chi connectivity index (χ3v) is 5.48. The van der Waals surface area contributed by atoms with Gasteiger partial charge in [0.1, 0.15) is 0 Å². The number of benzene rings is 1. The molecule has 1 aromatic rings. The van der Waals surface area contributed by atoms with Gasteiger partial charge >= 0.3 is 5.51 Å². The van der Waals surface area contributed by atoms with E-state index >= 15 is 0 Å². The number of rotatable bonds is 3. The van der Waals surface area contributed by atoms with Crippen LogP contribution in [0.3, 0.4) is 0 Å². The molecular formula is C14H18F3NO2S. The SMILES string of the molecule is CC1CCCCC1Nc1ccccc1S(=O)(=O)C(F)(F)F. The smallest absolute Gasteiger partial charge is 0.381 e. The van der Waals surface area contributed by atoms with Gasteiger partial charge in [-0.1, -0.05) is 31.9 Å². The summed E-state index contributed by atoms with van der Waals surface area (Å²) in [5.74, 6) is 0.306.